The molecule has 0 nitrogen and oxygen atoms in total. The normalized spacial score (nSPS) is 36.1. The minimum Gasteiger partial charge on any atom is -0.207 e. The number of hydrogen-bond acceptors (Lipinski definition) is 0. The van der Waals surface area contributed by atoms with Crippen LogP contribution in [0.2, 0.25) is 0 Å². The lowest BCUT2D eigenvalue weighted by Gasteiger charge is -2.45. The largest absolute Gasteiger partial charge is 0.207 e. The highest BCUT2D eigenvalue weighted by atomic mass is 19.1. The first kappa shape index (κ1) is 20.4. The molecule has 4 unspecified atom stereocenters. The Morgan fingerprint density at radius 1 is 0.714 bits per heavy atom. The Labute approximate surface area is 170 Å². The summed E-state index contributed by atoms with van der Waals surface area (Å²) >= 11 is 0. The van der Waals surface area contributed by atoms with Crippen molar-refractivity contribution >= 4 is 0 Å². The summed E-state index contributed by atoms with van der Waals surface area (Å²) in [5.41, 5.74) is 0.892. The molecule has 0 bridgehead atoms. The number of rotatable bonds is 5. The van der Waals surface area contributed by atoms with Gasteiger partial charge in [-0.1, -0.05) is 39.0 Å². The molecule has 1 aromatic carbocycles. The van der Waals surface area contributed by atoms with E-state index in [0.717, 1.165) is 54.1 Å². The third-order valence-electron chi connectivity index (χ3n) is 8.53. The van der Waals surface area contributed by atoms with E-state index in [4.69, 9.17) is 0 Å². The Morgan fingerprint density at radius 2 is 1.29 bits per heavy atom. The molecule has 0 saturated heterocycles. The van der Waals surface area contributed by atoms with E-state index >= 15 is 0 Å². The lowest BCUT2D eigenvalue weighted by atomic mass is 9.60. The maximum atomic E-state index is 13.6. The summed E-state index contributed by atoms with van der Waals surface area (Å²) in [5.74, 6) is 4.11. The lowest BCUT2D eigenvalue weighted by Crippen LogP contribution is -2.34. The number of unbranched alkanes of at least 4 members (excludes halogenated alkanes) is 1. The van der Waals surface area contributed by atoms with Crippen LogP contribution in [0.1, 0.15) is 102 Å². The van der Waals surface area contributed by atoms with Gasteiger partial charge in [0, 0.05) is 6.07 Å². The second-order valence-electron chi connectivity index (χ2n) is 10.2. The monoisotopic (exact) mass is 388 g/mol. The van der Waals surface area contributed by atoms with Gasteiger partial charge in [-0.3, -0.25) is 0 Å². The molecular weight excluding hydrogens is 350 g/mol. The quantitative estimate of drug-likeness (QED) is 0.476. The summed E-state index contributed by atoms with van der Waals surface area (Å²) in [4.78, 5) is 0. The van der Waals surface area contributed by atoms with E-state index in [1.165, 1.54) is 70.6 Å². The minimum atomic E-state index is -0.421. The zero-order chi connectivity index (χ0) is 19.5. The third kappa shape index (κ3) is 4.79. The predicted molar refractivity (Wildman–Crippen MR) is 112 cm³/mol. The van der Waals surface area contributed by atoms with Gasteiger partial charge in [0.05, 0.1) is 0 Å². The Balaban J connectivity index is 1.29. The first-order valence-electron chi connectivity index (χ1n) is 12.1. The van der Waals surface area contributed by atoms with E-state index in [1.54, 1.807) is 12.1 Å². The van der Waals surface area contributed by atoms with Crippen LogP contribution in [-0.2, 0) is 0 Å². The average molecular weight is 389 g/mol. The van der Waals surface area contributed by atoms with Crippen molar-refractivity contribution in [1.82, 2.24) is 0 Å². The molecular formula is C26H38F2. The van der Waals surface area contributed by atoms with Crippen molar-refractivity contribution in [2.75, 3.05) is 0 Å². The molecule has 4 rings (SSSR count). The number of hydrogen-bond donors (Lipinski definition) is 0. The first-order valence-corrected chi connectivity index (χ1v) is 12.1. The van der Waals surface area contributed by atoms with Crippen molar-refractivity contribution < 1.29 is 8.78 Å². The third-order valence-corrected chi connectivity index (χ3v) is 8.53. The Bertz CT molecular complexity index is 611. The number of fused-ring (bicyclic) bond motifs is 1. The van der Waals surface area contributed by atoms with Crippen LogP contribution in [0.15, 0.2) is 18.2 Å². The fourth-order valence-corrected chi connectivity index (χ4v) is 6.91. The van der Waals surface area contributed by atoms with Gasteiger partial charge >= 0.3 is 0 Å². The predicted octanol–water partition coefficient (Wildman–Crippen LogP) is 8.26. The highest BCUT2D eigenvalue weighted by Crippen LogP contribution is 2.51. The standard InChI is InChI=1S/C26H38F2/c1-2-3-4-18-5-7-19(8-6-18)20-9-10-22-14-23(12-11-21(22)13-20)24-15-25(27)17-26(28)16-24/h15-23H,2-14H2,1H3. The molecule has 3 fully saturated rings. The van der Waals surface area contributed by atoms with Gasteiger partial charge in [0.25, 0.3) is 0 Å². The average Bonchev–Trinajstić information content (AvgIpc) is 2.71. The number of halogens is 2. The van der Waals surface area contributed by atoms with Gasteiger partial charge in [0.1, 0.15) is 11.6 Å². The highest BCUT2D eigenvalue weighted by Gasteiger charge is 2.39. The summed E-state index contributed by atoms with van der Waals surface area (Å²) in [6.07, 6.45) is 17.8. The lowest BCUT2D eigenvalue weighted by molar-refractivity contribution is 0.0710. The molecule has 0 spiro atoms. The van der Waals surface area contributed by atoms with Gasteiger partial charge < -0.3 is 0 Å². The van der Waals surface area contributed by atoms with Crippen molar-refractivity contribution in [3.05, 3.63) is 35.4 Å². The fraction of sp³-hybridized carbons (Fsp3) is 0.769. The van der Waals surface area contributed by atoms with Crippen molar-refractivity contribution in [2.24, 2.45) is 29.6 Å². The molecule has 28 heavy (non-hydrogen) atoms. The highest BCUT2D eigenvalue weighted by molar-refractivity contribution is 5.22. The van der Waals surface area contributed by atoms with Gasteiger partial charge in [-0.15, -0.1) is 0 Å². The topological polar surface area (TPSA) is 0 Å². The molecule has 0 heterocycles. The van der Waals surface area contributed by atoms with E-state index in [1.807, 2.05) is 0 Å². The molecule has 2 heteroatoms. The van der Waals surface area contributed by atoms with Crippen LogP contribution >= 0.6 is 0 Å². The van der Waals surface area contributed by atoms with Gasteiger partial charge in [0.15, 0.2) is 0 Å². The fourth-order valence-electron chi connectivity index (χ4n) is 6.91. The molecule has 4 atom stereocenters. The van der Waals surface area contributed by atoms with Crippen LogP contribution in [0.5, 0.6) is 0 Å². The summed E-state index contributed by atoms with van der Waals surface area (Å²) in [6, 6.07) is 4.13. The Kier molecular flexibility index (Phi) is 6.74. The van der Waals surface area contributed by atoms with Crippen molar-refractivity contribution in [1.29, 1.82) is 0 Å². The summed E-state index contributed by atoms with van der Waals surface area (Å²) in [5, 5.41) is 0. The van der Waals surface area contributed by atoms with Crippen LogP contribution in [-0.4, -0.2) is 0 Å². The van der Waals surface area contributed by atoms with E-state index in [9.17, 15) is 8.78 Å². The second kappa shape index (κ2) is 9.26. The Morgan fingerprint density at radius 3 is 1.96 bits per heavy atom. The minimum absolute atomic E-state index is 0.358. The van der Waals surface area contributed by atoms with Gasteiger partial charge in [-0.05, 0) is 105 Å². The molecule has 0 aliphatic heterocycles. The van der Waals surface area contributed by atoms with E-state index < -0.39 is 11.6 Å². The van der Waals surface area contributed by atoms with Crippen LogP contribution in [0.4, 0.5) is 8.78 Å². The smallest absolute Gasteiger partial charge is 0.126 e. The number of benzene rings is 1. The van der Waals surface area contributed by atoms with Gasteiger partial charge in [0.2, 0.25) is 0 Å². The molecule has 1 aromatic rings. The summed E-state index contributed by atoms with van der Waals surface area (Å²) < 4.78 is 27.3. The van der Waals surface area contributed by atoms with Crippen molar-refractivity contribution in [2.45, 2.75) is 96.3 Å². The molecule has 0 N–H and O–H groups in total. The van der Waals surface area contributed by atoms with Crippen LogP contribution in [0.25, 0.3) is 0 Å². The maximum Gasteiger partial charge on any atom is 0.126 e. The zero-order valence-corrected chi connectivity index (χ0v) is 17.6. The summed E-state index contributed by atoms with van der Waals surface area (Å²) in [6.45, 7) is 2.31. The molecule has 156 valence electrons. The van der Waals surface area contributed by atoms with Gasteiger partial charge in [-0.25, -0.2) is 8.78 Å². The molecule has 3 saturated carbocycles. The Hall–Kier alpha value is -0.920. The van der Waals surface area contributed by atoms with E-state index in [0.29, 0.717) is 5.92 Å². The molecule has 0 amide bonds. The first-order chi connectivity index (χ1) is 13.6. The molecule has 3 aliphatic rings. The maximum absolute atomic E-state index is 13.6. The van der Waals surface area contributed by atoms with E-state index in [2.05, 4.69) is 6.92 Å². The van der Waals surface area contributed by atoms with Crippen LogP contribution < -0.4 is 0 Å². The van der Waals surface area contributed by atoms with Crippen LogP contribution in [0.3, 0.4) is 0 Å². The summed E-state index contributed by atoms with van der Waals surface area (Å²) in [7, 11) is 0. The van der Waals surface area contributed by atoms with E-state index in [-0.39, 0.29) is 0 Å². The molecule has 0 aromatic heterocycles. The van der Waals surface area contributed by atoms with Crippen LogP contribution in [0, 0.1) is 41.2 Å². The molecule has 0 radical (unpaired) electrons. The van der Waals surface area contributed by atoms with Crippen molar-refractivity contribution in [3.63, 3.8) is 0 Å². The SMILES string of the molecule is CCCCC1CCC(C2CCC3CC(c4cc(F)cc(F)c4)CCC3C2)CC1. The van der Waals surface area contributed by atoms with Crippen molar-refractivity contribution in [3.8, 4) is 0 Å². The zero-order valence-electron chi connectivity index (χ0n) is 17.6. The second-order valence-corrected chi connectivity index (χ2v) is 10.2. The molecule has 3 aliphatic carbocycles. The van der Waals surface area contributed by atoms with Gasteiger partial charge in [-0.2, -0.15) is 0 Å².